The summed E-state index contributed by atoms with van der Waals surface area (Å²) in [5.74, 6) is 1.41. The highest BCUT2D eigenvalue weighted by atomic mass is 19.1. The van der Waals surface area contributed by atoms with Crippen molar-refractivity contribution in [2.75, 3.05) is 26.2 Å². The van der Waals surface area contributed by atoms with Gasteiger partial charge in [-0.25, -0.2) is 4.39 Å². The first kappa shape index (κ1) is 22.9. The van der Waals surface area contributed by atoms with Crippen LogP contribution in [0.1, 0.15) is 42.9 Å². The zero-order valence-corrected chi connectivity index (χ0v) is 20.3. The molecule has 1 fully saturated rings. The number of hydrogen-bond acceptors (Lipinski definition) is 4. The van der Waals surface area contributed by atoms with E-state index in [0.29, 0.717) is 12.4 Å². The number of phenols is 1. The van der Waals surface area contributed by atoms with E-state index < -0.39 is 0 Å². The van der Waals surface area contributed by atoms with E-state index in [4.69, 9.17) is 9.47 Å². The molecule has 4 nitrogen and oxygen atoms in total. The number of benzene rings is 4. The fraction of sp³-hybridized carbons (Fsp3) is 0.290. The Bertz CT molecular complexity index is 1380. The standard InChI is InChI=1S/C31H30FNO3/c32-23-8-14-29-28(20-23)27-12-7-22-19-24(34)9-13-26(22)30(27)31(36-29)21-5-10-25(11-6-21)35-18-17-33-15-3-1-2-4-16-33/h5-14,19-20,31,34H,1-4,15-18H2. The fourth-order valence-corrected chi connectivity index (χ4v) is 5.49. The number of likely N-dealkylation sites (tertiary alicyclic amines) is 1. The largest absolute Gasteiger partial charge is 0.508 e. The van der Waals surface area contributed by atoms with Gasteiger partial charge in [0, 0.05) is 17.7 Å². The van der Waals surface area contributed by atoms with Gasteiger partial charge >= 0.3 is 0 Å². The first-order valence-electron chi connectivity index (χ1n) is 12.8. The molecule has 0 spiro atoms. The number of aromatic hydroxyl groups is 1. The van der Waals surface area contributed by atoms with Crippen molar-refractivity contribution < 1.29 is 19.0 Å². The van der Waals surface area contributed by atoms with E-state index in [1.165, 1.54) is 37.8 Å². The van der Waals surface area contributed by atoms with Crippen molar-refractivity contribution in [3.8, 4) is 28.4 Å². The summed E-state index contributed by atoms with van der Waals surface area (Å²) in [5, 5.41) is 11.9. The van der Waals surface area contributed by atoms with Crippen molar-refractivity contribution in [1.29, 1.82) is 0 Å². The van der Waals surface area contributed by atoms with Crippen LogP contribution in [0.4, 0.5) is 4.39 Å². The van der Waals surface area contributed by atoms with Crippen molar-refractivity contribution in [1.82, 2.24) is 4.90 Å². The van der Waals surface area contributed by atoms with Crippen LogP contribution in [0.25, 0.3) is 21.9 Å². The van der Waals surface area contributed by atoms with E-state index in [-0.39, 0.29) is 17.7 Å². The second-order valence-electron chi connectivity index (χ2n) is 9.74. The molecule has 0 aliphatic carbocycles. The molecule has 5 heteroatoms. The Morgan fingerprint density at radius 3 is 2.47 bits per heavy atom. The number of rotatable bonds is 5. The molecular formula is C31H30FNO3. The summed E-state index contributed by atoms with van der Waals surface area (Å²) in [7, 11) is 0. The lowest BCUT2D eigenvalue weighted by molar-refractivity contribution is 0.213. The van der Waals surface area contributed by atoms with E-state index >= 15 is 0 Å². The average molecular weight is 484 g/mol. The lowest BCUT2D eigenvalue weighted by Gasteiger charge is -2.30. The smallest absolute Gasteiger partial charge is 0.150 e. The quantitative estimate of drug-likeness (QED) is 0.329. The van der Waals surface area contributed by atoms with Crippen LogP contribution in [0.5, 0.6) is 17.2 Å². The van der Waals surface area contributed by atoms with Crippen LogP contribution in [-0.2, 0) is 0 Å². The summed E-state index contributed by atoms with van der Waals surface area (Å²) >= 11 is 0. The van der Waals surface area contributed by atoms with Gasteiger partial charge in [0.05, 0.1) is 0 Å². The highest BCUT2D eigenvalue weighted by Crippen LogP contribution is 2.48. The van der Waals surface area contributed by atoms with Gasteiger partial charge in [-0.2, -0.15) is 0 Å². The van der Waals surface area contributed by atoms with Crippen LogP contribution in [0.15, 0.2) is 72.8 Å². The van der Waals surface area contributed by atoms with Crippen molar-refractivity contribution in [2.45, 2.75) is 31.8 Å². The number of ether oxygens (including phenoxy) is 2. The molecule has 2 heterocycles. The normalized spacial score (nSPS) is 17.6. The summed E-state index contributed by atoms with van der Waals surface area (Å²) in [5.41, 5.74) is 3.65. The van der Waals surface area contributed by atoms with Gasteiger partial charge in [-0.3, -0.25) is 4.90 Å². The summed E-state index contributed by atoms with van der Waals surface area (Å²) in [6, 6.07) is 22.0. The van der Waals surface area contributed by atoms with Crippen LogP contribution in [0, 0.1) is 5.82 Å². The van der Waals surface area contributed by atoms with Gasteiger partial charge in [-0.15, -0.1) is 0 Å². The number of phenolic OH excluding ortho intramolecular Hbond substituents is 1. The second kappa shape index (κ2) is 9.82. The van der Waals surface area contributed by atoms with E-state index in [1.54, 1.807) is 18.2 Å². The molecule has 36 heavy (non-hydrogen) atoms. The molecule has 6 rings (SSSR count). The van der Waals surface area contributed by atoms with Crippen LogP contribution in [-0.4, -0.2) is 36.2 Å². The Morgan fingerprint density at radius 2 is 1.67 bits per heavy atom. The van der Waals surface area contributed by atoms with E-state index in [9.17, 15) is 9.50 Å². The van der Waals surface area contributed by atoms with E-state index in [1.807, 2.05) is 42.5 Å². The first-order chi connectivity index (χ1) is 17.7. The summed E-state index contributed by atoms with van der Waals surface area (Å²) in [6.45, 7) is 3.96. The van der Waals surface area contributed by atoms with Gasteiger partial charge in [-0.05, 0) is 90.3 Å². The highest BCUT2D eigenvalue weighted by molar-refractivity contribution is 5.95. The molecular weight excluding hydrogens is 453 g/mol. The molecule has 0 saturated carbocycles. The highest BCUT2D eigenvalue weighted by Gasteiger charge is 2.29. The molecule has 4 aromatic carbocycles. The third-order valence-corrected chi connectivity index (χ3v) is 7.34. The predicted octanol–water partition coefficient (Wildman–Crippen LogP) is 7.09. The number of hydrogen-bond donors (Lipinski definition) is 1. The molecule has 0 bridgehead atoms. The summed E-state index contributed by atoms with van der Waals surface area (Å²) in [6.07, 6.45) is 4.86. The monoisotopic (exact) mass is 483 g/mol. The Labute approximate surface area is 210 Å². The molecule has 0 radical (unpaired) electrons. The van der Waals surface area contributed by atoms with E-state index in [0.717, 1.165) is 58.4 Å². The van der Waals surface area contributed by atoms with Crippen molar-refractivity contribution in [2.24, 2.45) is 0 Å². The SMILES string of the molecule is Oc1ccc2c3c(ccc2c1)-c1cc(F)ccc1OC3c1ccc(OCCN2CCCCCC2)cc1. The number of halogens is 1. The minimum Gasteiger partial charge on any atom is -0.508 e. The van der Waals surface area contributed by atoms with Crippen LogP contribution in [0.2, 0.25) is 0 Å². The van der Waals surface area contributed by atoms with Gasteiger partial charge in [0.1, 0.15) is 29.7 Å². The van der Waals surface area contributed by atoms with Gasteiger partial charge < -0.3 is 14.6 Å². The minimum atomic E-state index is -0.364. The molecule has 2 aliphatic heterocycles. The molecule has 4 aromatic rings. The number of nitrogens with zero attached hydrogens (tertiary/aromatic N) is 1. The Morgan fingerprint density at radius 1 is 0.861 bits per heavy atom. The van der Waals surface area contributed by atoms with Crippen LogP contribution < -0.4 is 9.47 Å². The van der Waals surface area contributed by atoms with Crippen LogP contribution >= 0.6 is 0 Å². The summed E-state index contributed by atoms with van der Waals surface area (Å²) < 4.78 is 26.7. The lowest BCUT2D eigenvalue weighted by Crippen LogP contribution is -2.29. The predicted molar refractivity (Wildman–Crippen MR) is 140 cm³/mol. The fourth-order valence-electron chi connectivity index (χ4n) is 5.49. The Kier molecular flexibility index (Phi) is 6.24. The zero-order valence-electron chi connectivity index (χ0n) is 20.3. The number of fused-ring (bicyclic) bond motifs is 5. The molecule has 0 aromatic heterocycles. The molecule has 0 amide bonds. The third-order valence-electron chi connectivity index (χ3n) is 7.34. The maximum absolute atomic E-state index is 14.2. The van der Waals surface area contributed by atoms with Crippen molar-refractivity contribution >= 4 is 10.8 Å². The minimum absolute atomic E-state index is 0.212. The van der Waals surface area contributed by atoms with Crippen LogP contribution in [0.3, 0.4) is 0 Å². The van der Waals surface area contributed by atoms with Crippen molar-refractivity contribution in [3.63, 3.8) is 0 Å². The third kappa shape index (κ3) is 4.51. The molecule has 1 N–H and O–H groups in total. The maximum atomic E-state index is 14.2. The van der Waals surface area contributed by atoms with Gasteiger partial charge in [0.25, 0.3) is 0 Å². The average Bonchev–Trinajstić information content (AvgIpc) is 3.17. The van der Waals surface area contributed by atoms with E-state index in [2.05, 4.69) is 4.90 Å². The van der Waals surface area contributed by atoms with Crippen molar-refractivity contribution in [3.05, 3.63) is 89.7 Å². The second-order valence-corrected chi connectivity index (χ2v) is 9.74. The van der Waals surface area contributed by atoms with Gasteiger partial charge in [0.2, 0.25) is 0 Å². The molecule has 2 aliphatic rings. The molecule has 1 unspecified atom stereocenters. The molecule has 1 atom stereocenters. The molecule has 1 saturated heterocycles. The topological polar surface area (TPSA) is 41.9 Å². The van der Waals surface area contributed by atoms with Gasteiger partial charge in [-0.1, -0.05) is 43.2 Å². The Hall–Kier alpha value is -3.57. The zero-order chi connectivity index (χ0) is 24.5. The Balaban J connectivity index is 1.29. The lowest BCUT2D eigenvalue weighted by atomic mass is 9.86. The molecule has 184 valence electrons. The van der Waals surface area contributed by atoms with Gasteiger partial charge in [0.15, 0.2) is 6.10 Å². The first-order valence-corrected chi connectivity index (χ1v) is 12.8. The maximum Gasteiger partial charge on any atom is 0.150 e. The summed E-state index contributed by atoms with van der Waals surface area (Å²) in [4.78, 5) is 2.50.